The molecule has 1 heterocycles. The summed E-state index contributed by atoms with van der Waals surface area (Å²) in [6.07, 6.45) is 2.38. The number of rotatable bonds is 1. The van der Waals surface area contributed by atoms with Crippen molar-refractivity contribution in [2.45, 2.75) is 25.8 Å². The van der Waals surface area contributed by atoms with Crippen LogP contribution in [0.15, 0.2) is 24.3 Å². The van der Waals surface area contributed by atoms with Gasteiger partial charge < -0.3 is 5.32 Å². The van der Waals surface area contributed by atoms with Crippen LogP contribution in [0.4, 0.5) is 0 Å². The van der Waals surface area contributed by atoms with Gasteiger partial charge in [-0.2, -0.15) is 0 Å². The number of hydrogen-bond acceptors (Lipinski definition) is 1. The smallest absolute Gasteiger partial charge is 0.0320 e. The summed E-state index contributed by atoms with van der Waals surface area (Å²) < 4.78 is 0. The van der Waals surface area contributed by atoms with Gasteiger partial charge in [0.2, 0.25) is 0 Å². The predicted octanol–water partition coefficient (Wildman–Crippen LogP) is 2.28. The van der Waals surface area contributed by atoms with Crippen molar-refractivity contribution in [2.75, 3.05) is 6.54 Å². The Kier molecular flexibility index (Phi) is 2.13. The molecule has 0 aromatic heterocycles. The minimum atomic E-state index is 0.593. The molecule has 0 unspecified atom stereocenters. The van der Waals surface area contributed by atoms with Crippen molar-refractivity contribution < 1.29 is 0 Å². The van der Waals surface area contributed by atoms with Gasteiger partial charge in [-0.05, 0) is 30.5 Å². The maximum absolute atomic E-state index is 3.52. The molecule has 0 radical (unpaired) electrons. The first-order valence-corrected chi connectivity index (χ1v) is 4.73. The second-order valence-corrected chi connectivity index (χ2v) is 3.36. The first-order chi connectivity index (χ1) is 5.92. The maximum Gasteiger partial charge on any atom is 0.0320 e. The molecule has 1 aliphatic rings. The molecule has 1 atom stereocenters. The van der Waals surface area contributed by atoms with Crippen molar-refractivity contribution in [3.63, 3.8) is 0 Å². The summed E-state index contributed by atoms with van der Waals surface area (Å²) in [6, 6.07) is 9.36. The Labute approximate surface area is 73.8 Å². The molecule has 1 heteroatoms. The van der Waals surface area contributed by atoms with Crippen LogP contribution in [0.25, 0.3) is 0 Å². The van der Waals surface area contributed by atoms with E-state index in [-0.39, 0.29) is 0 Å². The highest BCUT2D eigenvalue weighted by Gasteiger charge is 2.16. The molecular formula is C11H15N. The van der Waals surface area contributed by atoms with Crippen molar-refractivity contribution in [3.8, 4) is 0 Å². The van der Waals surface area contributed by atoms with Gasteiger partial charge in [-0.15, -0.1) is 0 Å². The van der Waals surface area contributed by atoms with Gasteiger partial charge in [0, 0.05) is 6.04 Å². The summed E-state index contributed by atoms with van der Waals surface area (Å²) in [5, 5.41) is 3.52. The van der Waals surface area contributed by atoms with Crippen LogP contribution in [0.5, 0.6) is 0 Å². The van der Waals surface area contributed by atoms with Gasteiger partial charge in [0.1, 0.15) is 0 Å². The van der Waals surface area contributed by atoms with Crippen molar-refractivity contribution in [3.05, 3.63) is 35.4 Å². The lowest BCUT2D eigenvalue weighted by molar-refractivity contribution is 0.492. The van der Waals surface area contributed by atoms with Crippen LogP contribution in [-0.4, -0.2) is 6.54 Å². The molecule has 0 bridgehead atoms. The third-order valence-corrected chi connectivity index (χ3v) is 2.62. The van der Waals surface area contributed by atoms with E-state index in [0.717, 1.165) is 6.54 Å². The molecule has 12 heavy (non-hydrogen) atoms. The summed E-state index contributed by atoms with van der Waals surface area (Å²) in [5.41, 5.74) is 3.04. The Morgan fingerprint density at radius 1 is 1.42 bits per heavy atom. The fraction of sp³-hybridized carbons (Fsp3) is 0.455. The zero-order valence-corrected chi connectivity index (χ0v) is 7.51. The SMILES string of the molecule is CC[C@@H]1NCCc2ccccc21. The second-order valence-electron chi connectivity index (χ2n) is 3.36. The van der Waals surface area contributed by atoms with Crippen molar-refractivity contribution in [1.82, 2.24) is 5.32 Å². The Hall–Kier alpha value is -0.820. The minimum absolute atomic E-state index is 0.593. The molecule has 0 saturated heterocycles. The quantitative estimate of drug-likeness (QED) is 0.666. The monoisotopic (exact) mass is 161 g/mol. The third kappa shape index (κ3) is 1.25. The standard InChI is InChI=1S/C11H15N/c1-2-11-10-6-4-3-5-9(10)7-8-12-11/h3-6,11-12H,2,7-8H2,1H3/t11-/m0/s1. The topological polar surface area (TPSA) is 12.0 Å². The Morgan fingerprint density at radius 2 is 2.25 bits per heavy atom. The van der Waals surface area contributed by atoms with Gasteiger partial charge >= 0.3 is 0 Å². The predicted molar refractivity (Wildman–Crippen MR) is 51.2 cm³/mol. The Bertz CT molecular complexity index is 267. The summed E-state index contributed by atoms with van der Waals surface area (Å²) in [5.74, 6) is 0. The highest BCUT2D eigenvalue weighted by Crippen LogP contribution is 2.24. The highest BCUT2D eigenvalue weighted by molar-refractivity contribution is 5.32. The average molecular weight is 161 g/mol. The zero-order valence-electron chi connectivity index (χ0n) is 7.51. The maximum atomic E-state index is 3.52. The van der Waals surface area contributed by atoms with Crippen LogP contribution < -0.4 is 5.32 Å². The fourth-order valence-electron chi connectivity index (χ4n) is 1.96. The van der Waals surface area contributed by atoms with Gasteiger partial charge in [0.15, 0.2) is 0 Å². The fourth-order valence-corrected chi connectivity index (χ4v) is 1.96. The molecule has 0 spiro atoms. The van der Waals surface area contributed by atoms with E-state index in [0.29, 0.717) is 6.04 Å². The molecular weight excluding hydrogens is 146 g/mol. The van der Waals surface area contributed by atoms with E-state index in [1.807, 2.05) is 0 Å². The molecule has 1 N–H and O–H groups in total. The Balaban J connectivity index is 2.37. The summed E-state index contributed by atoms with van der Waals surface area (Å²) in [6.45, 7) is 3.37. The van der Waals surface area contributed by atoms with Crippen LogP contribution in [0.1, 0.15) is 30.5 Å². The lowest BCUT2D eigenvalue weighted by Gasteiger charge is -2.25. The van der Waals surface area contributed by atoms with Gasteiger partial charge in [-0.25, -0.2) is 0 Å². The lowest BCUT2D eigenvalue weighted by atomic mass is 9.93. The van der Waals surface area contributed by atoms with Crippen LogP contribution in [0.2, 0.25) is 0 Å². The van der Waals surface area contributed by atoms with Crippen LogP contribution >= 0.6 is 0 Å². The van der Waals surface area contributed by atoms with Gasteiger partial charge in [0.05, 0.1) is 0 Å². The molecule has 2 rings (SSSR count). The highest BCUT2D eigenvalue weighted by atomic mass is 14.9. The van der Waals surface area contributed by atoms with E-state index in [1.54, 1.807) is 0 Å². The first kappa shape index (κ1) is 7.81. The van der Waals surface area contributed by atoms with E-state index >= 15 is 0 Å². The summed E-state index contributed by atoms with van der Waals surface area (Å²) in [4.78, 5) is 0. The average Bonchev–Trinajstić information content (AvgIpc) is 2.17. The molecule has 0 fully saturated rings. The normalized spacial score (nSPS) is 21.9. The van der Waals surface area contributed by atoms with E-state index in [1.165, 1.54) is 24.0 Å². The largest absolute Gasteiger partial charge is 0.310 e. The van der Waals surface area contributed by atoms with Crippen LogP contribution in [0, 0.1) is 0 Å². The first-order valence-electron chi connectivity index (χ1n) is 4.73. The summed E-state index contributed by atoms with van der Waals surface area (Å²) >= 11 is 0. The van der Waals surface area contributed by atoms with Gasteiger partial charge in [-0.3, -0.25) is 0 Å². The van der Waals surface area contributed by atoms with Crippen LogP contribution in [0.3, 0.4) is 0 Å². The number of benzene rings is 1. The van der Waals surface area contributed by atoms with Gasteiger partial charge in [-0.1, -0.05) is 31.2 Å². The number of nitrogens with one attached hydrogen (secondary N) is 1. The third-order valence-electron chi connectivity index (χ3n) is 2.62. The number of hydrogen-bond donors (Lipinski definition) is 1. The molecule has 1 aromatic rings. The van der Waals surface area contributed by atoms with Crippen molar-refractivity contribution in [1.29, 1.82) is 0 Å². The number of fused-ring (bicyclic) bond motifs is 1. The summed E-state index contributed by atoms with van der Waals surface area (Å²) in [7, 11) is 0. The molecule has 1 aromatic carbocycles. The van der Waals surface area contributed by atoms with Crippen LogP contribution in [-0.2, 0) is 6.42 Å². The second kappa shape index (κ2) is 3.28. The van der Waals surface area contributed by atoms with Crippen molar-refractivity contribution >= 4 is 0 Å². The van der Waals surface area contributed by atoms with E-state index in [2.05, 4.69) is 36.5 Å². The molecule has 0 saturated carbocycles. The van der Waals surface area contributed by atoms with E-state index in [9.17, 15) is 0 Å². The minimum Gasteiger partial charge on any atom is -0.310 e. The van der Waals surface area contributed by atoms with Gasteiger partial charge in [0.25, 0.3) is 0 Å². The zero-order chi connectivity index (χ0) is 8.39. The molecule has 0 aliphatic carbocycles. The lowest BCUT2D eigenvalue weighted by Crippen LogP contribution is -2.29. The molecule has 0 amide bonds. The molecule has 1 aliphatic heterocycles. The Morgan fingerprint density at radius 3 is 3.08 bits per heavy atom. The van der Waals surface area contributed by atoms with E-state index in [4.69, 9.17) is 0 Å². The molecule has 1 nitrogen and oxygen atoms in total. The van der Waals surface area contributed by atoms with E-state index < -0.39 is 0 Å². The van der Waals surface area contributed by atoms with Crippen molar-refractivity contribution in [2.24, 2.45) is 0 Å². The molecule has 64 valence electrons.